The molecule has 2 unspecified atom stereocenters. The van der Waals surface area contributed by atoms with Gasteiger partial charge >= 0.3 is 6.61 Å². The number of alkyl halides is 2. The molecule has 1 saturated carbocycles. The van der Waals surface area contributed by atoms with Crippen molar-refractivity contribution in [2.45, 2.75) is 44.4 Å². The molecule has 0 spiro atoms. The fourth-order valence-electron chi connectivity index (χ4n) is 2.53. The van der Waals surface area contributed by atoms with Crippen molar-refractivity contribution in [2.75, 3.05) is 12.4 Å². The van der Waals surface area contributed by atoms with Crippen LogP contribution in [-0.2, 0) is 4.74 Å². The highest BCUT2D eigenvalue weighted by Gasteiger charge is 2.25. The van der Waals surface area contributed by atoms with E-state index in [9.17, 15) is 8.78 Å². The molecule has 106 valence electrons. The first-order valence-corrected chi connectivity index (χ1v) is 6.54. The summed E-state index contributed by atoms with van der Waals surface area (Å²) in [4.78, 5) is 0. The lowest BCUT2D eigenvalue weighted by molar-refractivity contribution is -0.0494. The van der Waals surface area contributed by atoms with Gasteiger partial charge in [-0.15, -0.1) is 0 Å². The standard InChI is InChI=1S/C14H19F2NO2/c1-18-12-8-4-2-6-10(12)17-11-7-3-5-9-13(11)19-14(15)16/h3,5,7,9-10,12,14,17H,2,4,6,8H2,1H3. The number of para-hydroxylation sites is 2. The molecule has 1 aliphatic rings. The van der Waals surface area contributed by atoms with Crippen molar-refractivity contribution in [3.8, 4) is 5.75 Å². The van der Waals surface area contributed by atoms with Crippen LogP contribution in [0.25, 0.3) is 0 Å². The first kappa shape index (κ1) is 14.1. The molecular weight excluding hydrogens is 252 g/mol. The number of nitrogens with one attached hydrogen (secondary N) is 1. The lowest BCUT2D eigenvalue weighted by Gasteiger charge is -2.32. The summed E-state index contributed by atoms with van der Waals surface area (Å²) in [5.74, 6) is 0.179. The van der Waals surface area contributed by atoms with Gasteiger partial charge in [-0.05, 0) is 25.0 Å². The summed E-state index contributed by atoms with van der Waals surface area (Å²) >= 11 is 0. The molecule has 0 radical (unpaired) electrons. The van der Waals surface area contributed by atoms with E-state index in [1.165, 1.54) is 0 Å². The molecule has 2 atom stereocenters. The second-order valence-corrected chi connectivity index (χ2v) is 4.68. The predicted octanol–water partition coefficient (Wildman–Crippen LogP) is 3.66. The van der Waals surface area contributed by atoms with E-state index in [1.54, 1.807) is 31.4 Å². The number of anilines is 1. The van der Waals surface area contributed by atoms with Crippen LogP contribution in [0.5, 0.6) is 5.75 Å². The first-order chi connectivity index (χ1) is 9.20. The number of benzene rings is 1. The topological polar surface area (TPSA) is 30.5 Å². The molecule has 0 aromatic heterocycles. The number of hydrogen-bond donors (Lipinski definition) is 1. The number of rotatable bonds is 5. The molecular formula is C14H19F2NO2. The van der Waals surface area contributed by atoms with Gasteiger partial charge < -0.3 is 14.8 Å². The summed E-state index contributed by atoms with van der Waals surface area (Å²) < 4.78 is 34.7. The lowest BCUT2D eigenvalue weighted by atomic mass is 9.92. The quantitative estimate of drug-likeness (QED) is 0.886. The van der Waals surface area contributed by atoms with Crippen molar-refractivity contribution >= 4 is 5.69 Å². The van der Waals surface area contributed by atoms with Gasteiger partial charge in [-0.25, -0.2) is 0 Å². The van der Waals surface area contributed by atoms with E-state index in [0.717, 1.165) is 25.7 Å². The molecule has 1 aromatic rings. The summed E-state index contributed by atoms with van der Waals surface area (Å²) in [5, 5.41) is 3.27. The van der Waals surface area contributed by atoms with Gasteiger partial charge in [-0.1, -0.05) is 25.0 Å². The van der Waals surface area contributed by atoms with Crippen LogP contribution in [0.2, 0.25) is 0 Å². The molecule has 5 heteroatoms. The molecule has 0 amide bonds. The van der Waals surface area contributed by atoms with Gasteiger partial charge in [-0.3, -0.25) is 0 Å². The van der Waals surface area contributed by atoms with Gasteiger partial charge in [0.05, 0.1) is 17.8 Å². The van der Waals surface area contributed by atoms with E-state index < -0.39 is 6.61 Å². The molecule has 1 aromatic carbocycles. The molecule has 19 heavy (non-hydrogen) atoms. The average molecular weight is 271 g/mol. The summed E-state index contributed by atoms with van der Waals surface area (Å²) in [7, 11) is 1.69. The number of halogens is 2. The Morgan fingerprint density at radius 1 is 1.21 bits per heavy atom. The molecule has 0 saturated heterocycles. The van der Waals surface area contributed by atoms with Crippen LogP contribution in [0, 0.1) is 0 Å². The molecule has 1 fully saturated rings. The number of ether oxygens (including phenoxy) is 2. The summed E-state index contributed by atoms with van der Waals surface area (Å²) in [5.41, 5.74) is 0.594. The molecule has 3 nitrogen and oxygen atoms in total. The molecule has 0 aliphatic heterocycles. The van der Waals surface area contributed by atoms with Crippen molar-refractivity contribution in [3.05, 3.63) is 24.3 Å². The largest absolute Gasteiger partial charge is 0.433 e. The normalized spacial score (nSPS) is 23.4. The lowest BCUT2D eigenvalue weighted by Crippen LogP contribution is -2.37. The van der Waals surface area contributed by atoms with E-state index in [2.05, 4.69) is 10.1 Å². The monoisotopic (exact) mass is 271 g/mol. The maximum atomic E-state index is 12.3. The van der Waals surface area contributed by atoms with Crippen LogP contribution in [0.15, 0.2) is 24.3 Å². The van der Waals surface area contributed by atoms with E-state index in [1.807, 2.05) is 0 Å². The Balaban J connectivity index is 2.08. The summed E-state index contributed by atoms with van der Waals surface area (Å²) in [6.07, 6.45) is 4.35. The van der Waals surface area contributed by atoms with Crippen molar-refractivity contribution in [3.63, 3.8) is 0 Å². The van der Waals surface area contributed by atoms with Gasteiger partial charge in [-0.2, -0.15) is 8.78 Å². The van der Waals surface area contributed by atoms with E-state index >= 15 is 0 Å². The number of methoxy groups -OCH3 is 1. The second-order valence-electron chi connectivity index (χ2n) is 4.68. The minimum atomic E-state index is -2.81. The Labute approximate surface area is 111 Å². The first-order valence-electron chi connectivity index (χ1n) is 6.54. The van der Waals surface area contributed by atoms with Crippen molar-refractivity contribution < 1.29 is 18.3 Å². The Bertz CT molecular complexity index is 401. The molecule has 0 heterocycles. The zero-order valence-corrected chi connectivity index (χ0v) is 10.9. The molecule has 1 aliphatic carbocycles. The maximum absolute atomic E-state index is 12.3. The third-order valence-electron chi connectivity index (χ3n) is 3.45. The van der Waals surface area contributed by atoms with Crippen LogP contribution in [-0.4, -0.2) is 25.9 Å². The molecule has 0 bridgehead atoms. The highest BCUT2D eigenvalue weighted by Crippen LogP contribution is 2.30. The van der Waals surface area contributed by atoms with E-state index in [0.29, 0.717) is 5.69 Å². The highest BCUT2D eigenvalue weighted by atomic mass is 19.3. The minimum absolute atomic E-state index is 0.119. The SMILES string of the molecule is COC1CCCCC1Nc1ccccc1OC(F)F. The van der Waals surface area contributed by atoms with Crippen molar-refractivity contribution in [2.24, 2.45) is 0 Å². The van der Waals surface area contributed by atoms with Gasteiger partial charge in [0.1, 0.15) is 5.75 Å². The van der Waals surface area contributed by atoms with Crippen LogP contribution in [0.4, 0.5) is 14.5 Å². The Morgan fingerprint density at radius 3 is 2.68 bits per heavy atom. The van der Waals surface area contributed by atoms with Crippen LogP contribution < -0.4 is 10.1 Å². The fourth-order valence-corrected chi connectivity index (χ4v) is 2.53. The molecule has 2 rings (SSSR count). The maximum Gasteiger partial charge on any atom is 0.387 e. The summed E-state index contributed by atoms with van der Waals surface area (Å²) in [6.45, 7) is -2.81. The van der Waals surface area contributed by atoms with Crippen molar-refractivity contribution in [1.82, 2.24) is 0 Å². The third kappa shape index (κ3) is 3.80. The highest BCUT2D eigenvalue weighted by molar-refractivity contribution is 5.57. The van der Waals surface area contributed by atoms with E-state index in [-0.39, 0.29) is 17.9 Å². The Kier molecular flexibility index (Phi) is 4.96. The summed E-state index contributed by atoms with van der Waals surface area (Å²) in [6, 6.07) is 6.90. The van der Waals surface area contributed by atoms with Crippen LogP contribution in [0.3, 0.4) is 0 Å². The third-order valence-corrected chi connectivity index (χ3v) is 3.45. The van der Waals surface area contributed by atoms with Gasteiger partial charge in [0.2, 0.25) is 0 Å². The fraction of sp³-hybridized carbons (Fsp3) is 0.571. The van der Waals surface area contributed by atoms with Crippen LogP contribution in [0.1, 0.15) is 25.7 Å². The number of hydrogen-bond acceptors (Lipinski definition) is 3. The zero-order valence-electron chi connectivity index (χ0n) is 10.9. The van der Waals surface area contributed by atoms with Gasteiger partial charge in [0.15, 0.2) is 0 Å². The van der Waals surface area contributed by atoms with Gasteiger partial charge in [0.25, 0.3) is 0 Å². The van der Waals surface area contributed by atoms with E-state index in [4.69, 9.17) is 4.74 Å². The zero-order chi connectivity index (χ0) is 13.7. The smallest absolute Gasteiger partial charge is 0.387 e. The molecule has 1 N–H and O–H groups in total. The van der Waals surface area contributed by atoms with Crippen molar-refractivity contribution in [1.29, 1.82) is 0 Å². The van der Waals surface area contributed by atoms with Gasteiger partial charge in [0, 0.05) is 7.11 Å². The second kappa shape index (κ2) is 6.70. The minimum Gasteiger partial charge on any atom is -0.433 e. The Hall–Kier alpha value is -1.36. The van der Waals surface area contributed by atoms with Crippen LogP contribution >= 0.6 is 0 Å². The average Bonchev–Trinajstić information content (AvgIpc) is 2.41. The Morgan fingerprint density at radius 2 is 1.95 bits per heavy atom. The predicted molar refractivity (Wildman–Crippen MR) is 69.7 cm³/mol.